The number of nitrogens with one attached hydrogen (secondary N) is 1. The van der Waals surface area contributed by atoms with Crippen LogP contribution in [-0.2, 0) is 14.3 Å². The molecule has 6 nitrogen and oxygen atoms in total. The van der Waals surface area contributed by atoms with Crippen molar-refractivity contribution in [1.82, 2.24) is 5.32 Å². The van der Waals surface area contributed by atoms with Crippen molar-refractivity contribution >= 4 is 11.9 Å². The summed E-state index contributed by atoms with van der Waals surface area (Å²) in [6, 6.07) is -0.567. The van der Waals surface area contributed by atoms with Crippen LogP contribution < -0.4 is 5.32 Å². The van der Waals surface area contributed by atoms with Gasteiger partial charge < -0.3 is 20.3 Å². The Morgan fingerprint density at radius 2 is 0.691 bits per heavy atom. The number of hydrogen-bond donors (Lipinski definition) is 3. The fourth-order valence-corrected chi connectivity index (χ4v) is 9.81. The lowest BCUT2D eigenvalue weighted by Gasteiger charge is -2.22. The van der Waals surface area contributed by atoms with Gasteiger partial charge in [0.25, 0.3) is 0 Å². The molecule has 0 aromatic rings. The SMILES string of the molecule is CCCCCCCCCCCCCCCCCCCCCCCCCCCC(O)C(CO)NC(=O)CCCCCC/C=C\CCCCOC(=O)CCCCCCCCCCCCCCCCCC. The monoisotopic (exact) mass is 960 g/mol. The lowest BCUT2D eigenvalue weighted by Crippen LogP contribution is -2.45. The fraction of sp³-hybridized carbons (Fsp3) is 0.935. The summed E-state index contributed by atoms with van der Waals surface area (Å²) < 4.78 is 5.45. The molecule has 0 radical (unpaired) electrons. The van der Waals surface area contributed by atoms with E-state index < -0.39 is 12.1 Å². The van der Waals surface area contributed by atoms with Gasteiger partial charge in [0.2, 0.25) is 5.91 Å². The molecule has 0 aliphatic carbocycles. The number of esters is 1. The predicted octanol–water partition coefficient (Wildman–Crippen LogP) is 19.2. The summed E-state index contributed by atoms with van der Waals surface area (Å²) >= 11 is 0. The third kappa shape index (κ3) is 53.9. The minimum absolute atomic E-state index is 0.0314. The molecule has 404 valence electrons. The van der Waals surface area contributed by atoms with E-state index in [1.165, 1.54) is 238 Å². The van der Waals surface area contributed by atoms with Crippen molar-refractivity contribution in [3.63, 3.8) is 0 Å². The summed E-state index contributed by atoms with van der Waals surface area (Å²) in [6.45, 7) is 4.90. The second kappa shape index (κ2) is 58.2. The van der Waals surface area contributed by atoms with Crippen molar-refractivity contribution in [2.75, 3.05) is 13.2 Å². The van der Waals surface area contributed by atoms with Gasteiger partial charge in [-0.25, -0.2) is 0 Å². The van der Waals surface area contributed by atoms with Crippen molar-refractivity contribution in [3.05, 3.63) is 12.2 Å². The fourth-order valence-electron chi connectivity index (χ4n) is 9.81. The Kier molecular flexibility index (Phi) is 57.0. The molecule has 0 heterocycles. The summed E-state index contributed by atoms with van der Waals surface area (Å²) in [4.78, 5) is 24.6. The van der Waals surface area contributed by atoms with Gasteiger partial charge in [0.1, 0.15) is 0 Å². The zero-order valence-electron chi connectivity index (χ0n) is 46.1. The topological polar surface area (TPSA) is 95.9 Å². The maximum absolute atomic E-state index is 12.5. The zero-order valence-corrected chi connectivity index (χ0v) is 46.1. The van der Waals surface area contributed by atoms with E-state index in [2.05, 4.69) is 31.3 Å². The molecule has 0 saturated carbocycles. The number of unbranched alkanes of at least 4 members (excludes halogenated alkanes) is 45. The summed E-state index contributed by atoms with van der Waals surface area (Å²) in [5.41, 5.74) is 0. The smallest absolute Gasteiger partial charge is 0.305 e. The van der Waals surface area contributed by atoms with Crippen LogP contribution in [0.1, 0.15) is 348 Å². The minimum atomic E-state index is -0.686. The van der Waals surface area contributed by atoms with Gasteiger partial charge in [-0.15, -0.1) is 0 Å². The van der Waals surface area contributed by atoms with Crippen LogP contribution in [0.2, 0.25) is 0 Å². The largest absolute Gasteiger partial charge is 0.466 e. The van der Waals surface area contributed by atoms with Gasteiger partial charge in [-0.2, -0.15) is 0 Å². The lowest BCUT2D eigenvalue weighted by atomic mass is 10.0. The van der Waals surface area contributed by atoms with Crippen LogP contribution in [0.4, 0.5) is 0 Å². The molecular formula is C62H121NO5. The lowest BCUT2D eigenvalue weighted by molar-refractivity contribution is -0.143. The summed E-state index contributed by atoms with van der Waals surface area (Å²) in [7, 11) is 0. The van der Waals surface area contributed by atoms with Crippen LogP contribution in [0, 0.1) is 0 Å². The van der Waals surface area contributed by atoms with Gasteiger partial charge >= 0.3 is 5.97 Å². The van der Waals surface area contributed by atoms with Crippen molar-refractivity contribution in [2.24, 2.45) is 0 Å². The van der Waals surface area contributed by atoms with Crippen LogP contribution in [-0.4, -0.2) is 47.4 Å². The molecule has 2 atom stereocenters. The van der Waals surface area contributed by atoms with Gasteiger partial charge in [-0.3, -0.25) is 9.59 Å². The van der Waals surface area contributed by atoms with Gasteiger partial charge in [-0.05, 0) is 51.4 Å². The molecular weight excluding hydrogens is 839 g/mol. The van der Waals surface area contributed by atoms with E-state index >= 15 is 0 Å². The minimum Gasteiger partial charge on any atom is -0.466 e. The molecule has 2 unspecified atom stereocenters. The number of hydrogen-bond acceptors (Lipinski definition) is 5. The Morgan fingerprint density at radius 3 is 1.04 bits per heavy atom. The Balaban J connectivity index is 3.47. The second-order valence-electron chi connectivity index (χ2n) is 21.4. The molecule has 0 aromatic heterocycles. The highest BCUT2D eigenvalue weighted by Gasteiger charge is 2.20. The van der Waals surface area contributed by atoms with E-state index in [-0.39, 0.29) is 18.5 Å². The van der Waals surface area contributed by atoms with E-state index in [0.29, 0.717) is 25.9 Å². The quantitative estimate of drug-likeness (QED) is 0.0321. The summed E-state index contributed by atoms with van der Waals surface area (Å²) in [5.74, 6) is -0.0974. The third-order valence-electron chi connectivity index (χ3n) is 14.6. The molecule has 0 bridgehead atoms. The highest BCUT2D eigenvalue weighted by molar-refractivity contribution is 5.76. The molecule has 0 rings (SSSR count). The van der Waals surface area contributed by atoms with E-state index in [9.17, 15) is 19.8 Å². The average molecular weight is 961 g/mol. The molecule has 0 aliphatic heterocycles. The standard InChI is InChI=1S/C62H121NO5/c1-3-5-7-9-11-13-15-17-19-21-22-23-24-25-26-27-28-29-30-32-34-38-42-46-50-54-60(65)59(58-64)63-61(66)55-51-47-43-39-36-37-41-45-49-53-57-68-62(67)56-52-48-44-40-35-33-31-20-18-16-14-12-10-8-6-4-2/h37,41,59-60,64-65H,3-36,38-40,42-58H2,1-2H3,(H,63,66)/b41-37-. The first-order valence-corrected chi connectivity index (χ1v) is 30.9. The number of rotatable bonds is 58. The number of carbonyl (C=O) groups is 2. The molecule has 68 heavy (non-hydrogen) atoms. The summed E-state index contributed by atoms with van der Waals surface area (Å²) in [5, 5.41) is 23.3. The van der Waals surface area contributed by atoms with E-state index in [4.69, 9.17) is 4.74 Å². The number of aliphatic hydroxyl groups excluding tert-OH is 2. The highest BCUT2D eigenvalue weighted by atomic mass is 16.5. The maximum atomic E-state index is 12.5. The number of allylic oxidation sites excluding steroid dienone is 2. The van der Waals surface area contributed by atoms with Gasteiger partial charge in [-0.1, -0.05) is 296 Å². The number of carbonyl (C=O) groups excluding carboxylic acids is 2. The first-order valence-electron chi connectivity index (χ1n) is 30.9. The molecule has 3 N–H and O–H groups in total. The van der Waals surface area contributed by atoms with Gasteiger partial charge in [0, 0.05) is 12.8 Å². The normalized spacial score (nSPS) is 12.6. The van der Waals surface area contributed by atoms with Crippen LogP contribution in [0.3, 0.4) is 0 Å². The van der Waals surface area contributed by atoms with Crippen molar-refractivity contribution in [3.8, 4) is 0 Å². The molecule has 0 aromatic carbocycles. The predicted molar refractivity (Wildman–Crippen MR) is 297 cm³/mol. The Bertz CT molecular complexity index is 1020. The maximum Gasteiger partial charge on any atom is 0.305 e. The molecule has 0 aliphatic rings. The Morgan fingerprint density at radius 1 is 0.397 bits per heavy atom. The third-order valence-corrected chi connectivity index (χ3v) is 14.6. The molecule has 0 fully saturated rings. The summed E-state index contributed by atoms with van der Waals surface area (Å²) in [6.07, 6.45) is 69.4. The second-order valence-corrected chi connectivity index (χ2v) is 21.4. The molecule has 6 heteroatoms. The zero-order chi connectivity index (χ0) is 49.3. The van der Waals surface area contributed by atoms with Gasteiger partial charge in [0.05, 0.1) is 25.4 Å². The number of amides is 1. The first-order chi connectivity index (χ1) is 33.5. The van der Waals surface area contributed by atoms with Crippen molar-refractivity contribution < 1.29 is 24.5 Å². The Labute approximate surface area is 425 Å². The van der Waals surface area contributed by atoms with E-state index in [0.717, 1.165) is 77.0 Å². The van der Waals surface area contributed by atoms with Crippen LogP contribution in [0.15, 0.2) is 12.2 Å². The van der Waals surface area contributed by atoms with Gasteiger partial charge in [0.15, 0.2) is 0 Å². The average Bonchev–Trinajstić information content (AvgIpc) is 3.34. The molecule has 1 amide bonds. The van der Waals surface area contributed by atoms with E-state index in [1.807, 2.05) is 0 Å². The van der Waals surface area contributed by atoms with Crippen LogP contribution >= 0.6 is 0 Å². The number of ether oxygens (including phenoxy) is 1. The molecule has 0 saturated heterocycles. The Hall–Kier alpha value is -1.40. The van der Waals surface area contributed by atoms with Crippen molar-refractivity contribution in [2.45, 2.75) is 360 Å². The first kappa shape index (κ1) is 66.6. The van der Waals surface area contributed by atoms with Crippen molar-refractivity contribution in [1.29, 1.82) is 0 Å². The van der Waals surface area contributed by atoms with Crippen LogP contribution in [0.25, 0.3) is 0 Å². The highest BCUT2D eigenvalue weighted by Crippen LogP contribution is 2.18. The molecule has 0 spiro atoms. The van der Waals surface area contributed by atoms with Crippen LogP contribution in [0.5, 0.6) is 0 Å². The van der Waals surface area contributed by atoms with E-state index in [1.54, 1.807) is 0 Å². The number of aliphatic hydroxyl groups is 2.